The highest BCUT2D eigenvalue weighted by Gasteiger charge is 2.17. The van der Waals surface area contributed by atoms with Crippen molar-refractivity contribution in [3.8, 4) is 0 Å². The fourth-order valence-corrected chi connectivity index (χ4v) is 2.50. The third-order valence-electron chi connectivity index (χ3n) is 3.23. The number of halogens is 1. The summed E-state index contributed by atoms with van der Waals surface area (Å²) in [6.07, 6.45) is 8.39. The number of hydrogen-bond donors (Lipinski definition) is 1. The normalized spacial score (nSPS) is 16.8. The first kappa shape index (κ1) is 12.4. The molecular formula is C13H17ClN2O. The van der Waals surface area contributed by atoms with Crippen LogP contribution in [0.25, 0.3) is 0 Å². The molecule has 1 aromatic heterocycles. The molecule has 3 nitrogen and oxygen atoms in total. The van der Waals surface area contributed by atoms with Gasteiger partial charge in [0.1, 0.15) is 0 Å². The van der Waals surface area contributed by atoms with E-state index in [-0.39, 0.29) is 5.91 Å². The summed E-state index contributed by atoms with van der Waals surface area (Å²) >= 11 is 5.89. The van der Waals surface area contributed by atoms with Crippen LogP contribution in [0, 0.1) is 5.92 Å². The number of nitrogens with one attached hydrogen (secondary N) is 1. The molecule has 1 amide bonds. The Kier molecular flexibility index (Phi) is 4.37. The van der Waals surface area contributed by atoms with Crippen LogP contribution in [0.4, 0.5) is 5.69 Å². The van der Waals surface area contributed by atoms with Crippen molar-refractivity contribution in [2.75, 3.05) is 5.32 Å². The van der Waals surface area contributed by atoms with Crippen LogP contribution in [0.2, 0.25) is 5.15 Å². The molecule has 1 aliphatic rings. The monoisotopic (exact) mass is 252 g/mol. The molecule has 2 rings (SSSR count). The molecule has 1 heterocycles. The second kappa shape index (κ2) is 6.01. The predicted octanol–water partition coefficient (Wildman–Crippen LogP) is 3.64. The molecule has 0 saturated heterocycles. The Morgan fingerprint density at radius 1 is 1.41 bits per heavy atom. The van der Waals surface area contributed by atoms with E-state index < -0.39 is 0 Å². The minimum Gasteiger partial charge on any atom is -0.323 e. The average Bonchev–Trinajstić information content (AvgIpc) is 2.33. The lowest BCUT2D eigenvalue weighted by molar-refractivity contribution is -0.117. The van der Waals surface area contributed by atoms with Crippen LogP contribution in [0.15, 0.2) is 18.3 Å². The van der Waals surface area contributed by atoms with E-state index >= 15 is 0 Å². The smallest absolute Gasteiger partial charge is 0.224 e. The Hall–Kier alpha value is -1.09. The summed E-state index contributed by atoms with van der Waals surface area (Å²) in [6.45, 7) is 0. The maximum absolute atomic E-state index is 11.8. The van der Waals surface area contributed by atoms with Gasteiger partial charge in [0.2, 0.25) is 5.91 Å². The van der Waals surface area contributed by atoms with Crippen LogP contribution < -0.4 is 5.32 Å². The van der Waals surface area contributed by atoms with Crippen molar-refractivity contribution in [2.45, 2.75) is 38.5 Å². The van der Waals surface area contributed by atoms with Gasteiger partial charge in [0.25, 0.3) is 0 Å². The second-order valence-corrected chi connectivity index (χ2v) is 4.96. The maximum atomic E-state index is 11.8. The highest BCUT2D eigenvalue weighted by Crippen LogP contribution is 2.27. The third kappa shape index (κ3) is 3.70. The van der Waals surface area contributed by atoms with Crippen molar-refractivity contribution in [3.63, 3.8) is 0 Å². The van der Waals surface area contributed by atoms with Crippen LogP contribution in [-0.2, 0) is 4.79 Å². The molecule has 1 aliphatic carbocycles. The minimum atomic E-state index is 0.0480. The number of rotatable bonds is 3. The van der Waals surface area contributed by atoms with E-state index in [4.69, 9.17) is 11.6 Å². The SMILES string of the molecule is O=C(CC1CCCCC1)Nc1cccnc1Cl. The number of pyridine rings is 1. The van der Waals surface area contributed by atoms with Crippen molar-refractivity contribution in [1.82, 2.24) is 4.98 Å². The molecule has 1 fully saturated rings. The molecular weight excluding hydrogens is 236 g/mol. The quantitative estimate of drug-likeness (QED) is 0.835. The first-order valence-electron chi connectivity index (χ1n) is 6.16. The van der Waals surface area contributed by atoms with Crippen molar-refractivity contribution in [3.05, 3.63) is 23.5 Å². The lowest BCUT2D eigenvalue weighted by Gasteiger charge is -2.20. The van der Waals surface area contributed by atoms with Gasteiger partial charge in [-0.2, -0.15) is 0 Å². The van der Waals surface area contributed by atoms with Gasteiger partial charge in [-0.15, -0.1) is 0 Å². The first-order chi connectivity index (χ1) is 8.25. The zero-order valence-electron chi connectivity index (χ0n) is 9.79. The molecule has 92 valence electrons. The summed E-state index contributed by atoms with van der Waals surface area (Å²) in [4.78, 5) is 15.8. The highest BCUT2D eigenvalue weighted by atomic mass is 35.5. The van der Waals surface area contributed by atoms with Crippen molar-refractivity contribution in [1.29, 1.82) is 0 Å². The van der Waals surface area contributed by atoms with E-state index in [1.54, 1.807) is 18.3 Å². The molecule has 1 N–H and O–H groups in total. The third-order valence-corrected chi connectivity index (χ3v) is 3.53. The van der Waals surface area contributed by atoms with Gasteiger partial charge in [-0.25, -0.2) is 4.98 Å². The molecule has 0 spiro atoms. The Balaban J connectivity index is 1.86. The predicted molar refractivity (Wildman–Crippen MR) is 69.1 cm³/mol. The summed E-state index contributed by atoms with van der Waals surface area (Å²) in [5, 5.41) is 3.18. The van der Waals surface area contributed by atoms with Crippen LogP contribution in [0.5, 0.6) is 0 Å². The number of carbonyl (C=O) groups is 1. The summed E-state index contributed by atoms with van der Waals surface area (Å²) in [5.74, 6) is 0.589. The zero-order chi connectivity index (χ0) is 12.1. The van der Waals surface area contributed by atoms with E-state index in [2.05, 4.69) is 10.3 Å². The lowest BCUT2D eigenvalue weighted by Crippen LogP contribution is -2.18. The van der Waals surface area contributed by atoms with Crippen LogP contribution in [-0.4, -0.2) is 10.9 Å². The fourth-order valence-electron chi connectivity index (χ4n) is 2.33. The number of carbonyl (C=O) groups excluding carboxylic acids is 1. The number of anilines is 1. The average molecular weight is 253 g/mol. The van der Waals surface area contributed by atoms with E-state index in [0.717, 1.165) is 0 Å². The Bertz CT molecular complexity index is 389. The van der Waals surface area contributed by atoms with Gasteiger partial charge in [0, 0.05) is 12.6 Å². The van der Waals surface area contributed by atoms with Gasteiger partial charge >= 0.3 is 0 Å². The topological polar surface area (TPSA) is 42.0 Å². The minimum absolute atomic E-state index is 0.0480. The highest BCUT2D eigenvalue weighted by molar-refractivity contribution is 6.32. The van der Waals surface area contributed by atoms with Crippen LogP contribution >= 0.6 is 11.6 Å². The number of hydrogen-bond acceptors (Lipinski definition) is 2. The molecule has 1 saturated carbocycles. The van der Waals surface area contributed by atoms with Crippen LogP contribution in [0.1, 0.15) is 38.5 Å². The second-order valence-electron chi connectivity index (χ2n) is 4.60. The zero-order valence-corrected chi connectivity index (χ0v) is 10.5. The van der Waals surface area contributed by atoms with Gasteiger partial charge in [-0.1, -0.05) is 30.9 Å². The van der Waals surface area contributed by atoms with Crippen molar-refractivity contribution < 1.29 is 4.79 Å². The first-order valence-corrected chi connectivity index (χ1v) is 6.54. The van der Waals surface area contributed by atoms with Crippen LogP contribution in [0.3, 0.4) is 0 Å². The van der Waals surface area contributed by atoms with Crippen molar-refractivity contribution >= 4 is 23.2 Å². The number of amides is 1. The number of nitrogens with zero attached hydrogens (tertiary/aromatic N) is 1. The Morgan fingerprint density at radius 3 is 2.88 bits per heavy atom. The lowest BCUT2D eigenvalue weighted by atomic mass is 9.87. The summed E-state index contributed by atoms with van der Waals surface area (Å²) < 4.78 is 0. The van der Waals surface area contributed by atoms with Gasteiger partial charge in [-0.3, -0.25) is 4.79 Å². The largest absolute Gasteiger partial charge is 0.323 e. The Morgan fingerprint density at radius 2 is 2.18 bits per heavy atom. The maximum Gasteiger partial charge on any atom is 0.224 e. The Labute approximate surface area is 107 Å². The summed E-state index contributed by atoms with van der Waals surface area (Å²) in [6, 6.07) is 3.54. The van der Waals surface area contributed by atoms with E-state index in [9.17, 15) is 4.79 Å². The molecule has 1 aromatic rings. The molecule has 0 atom stereocenters. The molecule has 0 bridgehead atoms. The van der Waals surface area contributed by atoms with E-state index in [1.165, 1.54) is 32.1 Å². The van der Waals surface area contributed by atoms with Gasteiger partial charge in [-0.05, 0) is 30.9 Å². The number of aromatic nitrogens is 1. The van der Waals surface area contributed by atoms with Gasteiger partial charge in [0.05, 0.1) is 5.69 Å². The molecule has 0 radical (unpaired) electrons. The van der Waals surface area contributed by atoms with Crippen molar-refractivity contribution in [2.24, 2.45) is 5.92 Å². The molecule has 4 heteroatoms. The molecule has 0 aliphatic heterocycles. The molecule has 0 unspecified atom stereocenters. The molecule has 0 aromatic carbocycles. The fraction of sp³-hybridized carbons (Fsp3) is 0.538. The summed E-state index contributed by atoms with van der Waals surface area (Å²) in [7, 11) is 0. The molecule has 17 heavy (non-hydrogen) atoms. The summed E-state index contributed by atoms with van der Waals surface area (Å²) in [5.41, 5.74) is 0.606. The van der Waals surface area contributed by atoms with Gasteiger partial charge in [0.15, 0.2) is 5.15 Å². The van der Waals surface area contributed by atoms with Gasteiger partial charge < -0.3 is 5.32 Å². The van der Waals surface area contributed by atoms with E-state index in [0.29, 0.717) is 23.2 Å². The standard InChI is InChI=1S/C13H17ClN2O/c14-13-11(7-4-8-15-13)16-12(17)9-10-5-2-1-3-6-10/h4,7-8,10H,1-3,5-6,9H2,(H,16,17). The van der Waals surface area contributed by atoms with E-state index in [1.807, 2.05) is 0 Å².